The van der Waals surface area contributed by atoms with E-state index in [1.807, 2.05) is 6.07 Å². The van der Waals surface area contributed by atoms with Crippen molar-refractivity contribution in [3.63, 3.8) is 0 Å². The second-order valence-corrected chi connectivity index (χ2v) is 18.4. The molecule has 1 fully saturated rings. The summed E-state index contributed by atoms with van der Waals surface area (Å²) in [5.41, 5.74) is 2.74. The van der Waals surface area contributed by atoms with Crippen LogP contribution in [-0.2, 0) is 46.4 Å². The van der Waals surface area contributed by atoms with Crippen molar-refractivity contribution in [3.8, 4) is 0 Å². The number of ether oxygens (including phenoxy) is 3. The smallest absolute Gasteiger partial charge is 0.394 e. The van der Waals surface area contributed by atoms with Crippen LogP contribution >= 0.6 is 0 Å². The van der Waals surface area contributed by atoms with Crippen LogP contribution in [0, 0.1) is 0 Å². The lowest BCUT2D eigenvalue weighted by molar-refractivity contribution is -0.257. The zero-order valence-corrected chi connectivity index (χ0v) is 38.9. The first-order chi connectivity index (χ1) is 30.2. The van der Waals surface area contributed by atoms with E-state index in [0.717, 1.165) is 103 Å². The molecule has 0 aliphatic carbocycles. The Bertz CT molecular complexity index is 1480. The first-order valence-electron chi connectivity index (χ1n) is 24.4. The van der Waals surface area contributed by atoms with Gasteiger partial charge in [0.05, 0.1) is 6.61 Å². The number of aliphatic hydroxyl groups excluding tert-OH is 2. The predicted octanol–water partition coefficient (Wildman–Crippen LogP) is 10.4. The monoisotopic (exact) mass is 890 g/mol. The van der Waals surface area contributed by atoms with Gasteiger partial charge in [-0.15, -0.1) is 0 Å². The van der Waals surface area contributed by atoms with E-state index in [0.29, 0.717) is 19.4 Å². The third-order valence-corrected chi connectivity index (χ3v) is 12.5. The quantitative estimate of drug-likeness (QED) is 0.0377. The Morgan fingerprint density at radius 3 is 1.58 bits per heavy atom. The molecule has 1 amide bonds. The molecule has 4 N–H and O–H groups in total. The van der Waals surface area contributed by atoms with Crippen molar-refractivity contribution in [1.82, 2.24) is 5.32 Å². The number of hydrogen-bond donors (Lipinski definition) is 4. The number of carbonyl (C=O) groups excluding carboxylic acids is 1. The molecular weight excluding hydrogens is 807 g/mol. The molecule has 0 saturated carbocycles. The number of amides is 1. The molecule has 3 rings (SSSR count). The van der Waals surface area contributed by atoms with E-state index in [-0.39, 0.29) is 6.61 Å². The maximum Gasteiger partial charge on any atom is 0.397 e. The van der Waals surface area contributed by atoms with E-state index >= 15 is 0 Å². The van der Waals surface area contributed by atoms with Gasteiger partial charge in [-0.1, -0.05) is 196 Å². The van der Waals surface area contributed by atoms with Crippen LogP contribution in [0.1, 0.15) is 179 Å². The zero-order chi connectivity index (χ0) is 44.5. The van der Waals surface area contributed by atoms with Crippen molar-refractivity contribution in [2.45, 2.75) is 217 Å². The Labute approximate surface area is 375 Å². The standard InChI is InChI=1S/C50H83NO10S/c1-2-3-4-5-6-7-8-13-18-29-38-44(58-39-30-19-14-9-11-16-23-32-42-34-25-21-26-35-42)49(53)51-46-48(47(61-62(55,56)57)45(41-52)60-50(46)54)59-40-31-20-15-10-12-17-24-33-43-36-27-22-28-37-43/h21-22,25-28,34-37,44-48,50,52,54H,2-20,23-24,29-33,38-41H2,1H3,(H,51,53)(H,55,56,57)/t44?,45-,46-,47-,48-,50?/m1/s1. The Hall–Kier alpha value is -2.42. The third kappa shape index (κ3) is 24.6. The molecule has 0 radical (unpaired) electrons. The summed E-state index contributed by atoms with van der Waals surface area (Å²) >= 11 is 0. The fraction of sp³-hybridized carbons (Fsp3) is 0.740. The highest BCUT2D eigenvalue weighted by Crippen LogP contribution is 2.27. The van der Waals surface area contributed by atoms with E-state index in [9.17, 15) is 28.0 Å². The largest absolute Gasteiger partial charge is 0.397 e. The van der Waals surface area contributed by atoms with Gasteiger partial charge >= 0.3 is 10.4 Å². The molecule has 0 aromatic heterocycles. The predicted molar refractivity (Wildman–Crippen MR) is 247 cm³/mol. The number of carbonyl (C=O) groups is 1. The maximum absolute atomic E-state index is 14.0. The SMILES string of the molecule is CCCCCCCCCCCCC(OCCCCCCCCCc1ccccc1)C(=O)N[C@H]1C(O)O[C@H](CO)[C@@H](OS(=O)(=O)O)[C@@H]1OCCCCCCCCCc1ccccc1. The summed E-state index contributed by atoms with van der Waals surface area (Å²) in [6, 6.07) is 19.8. The molecular formula is C50H83NO10S. The van der Waals surface area contributed by atoms with E-state index in [1.54, 1.807) is 0 Å². The number of hydrogen-bond acceptors (Lipinski definition) is 9. The lowest BCUT2D eigenvalue weighted by atomic mass is 9.96. The van der Waals surface area contributed by atoms with Crippen molar-refractivity contribution in [3.05, 3.63) is 71.8 Å². The first-order valence-corrected chi connectivity index (χ1v) is 25.8. The molecule has 6 atom stereocenters. The van der Waals surface area contributed by atoms with Crippen LogP contribution in [0.5, 0.6) is 0 Å². The van der Waals surface area contributed by atoms with Gasteiger partial charge in [-0.2, -0.15) is 8.42 Å². The minimum absolute atomic E-state index is 0.187. The molecule has 354 valence electrons. The van der Waals surface area contributed by atoms with E-state index < -0.39 is 59.7 Å². The van der Waals surface area contributed by atoms with E-state index in [2.05, 4.69) is 66.8 Å². The second kappa shape index (κ2) is 34.0. The Balaban J connectivity index is 1.51. The summed E-state index contributed by atoms with van der Waals surface area (Å²) in [4.78, 5) is 14.0. The average molecular weight is 890 g/mol. The van der Waals surface area contributed by atoms with Crippen molar-refractivity contribution >= 4 is 16.3 Å². The molecule has 11 nitrogen and oxygen atoms in total. The second-order valence-electron chi connectivity index (χ2n) is 17.4. The minimum Gasteiger partial charge on any atom is -0.394 e. The summed E-state index contributed by atoms with van der Waals surface area (Å²) in [5.74, 6) is -0.457. The molecule has 1 heterocycles. The molecule has 1 aliphatic rings. The summed E-state index contributed by atoms with van der Waals surface area (Å²) < 4.78 is 56.6. The topological polar surface area (TPSA) is 161 Å². The van der Waals surface area contributed by atoms with Crippen molar-refractivity contribution in [2.75, 3.05) is 19.8 Å². The highest BCUT2D eigenvalue weighted by Gasteiger charge is 2.49. The molecule has 1 aliphatic heterocycles. The fourth-order valence-electron chi connectivity index (χ4n) is 8.40. The van der Waals surface area contributed by atoms with Crippen LogP contribution in [0.3, 0.4) is 0 Å². The Morgan fingerprint density at radius 2 is 1.10 bits per heavy atom. The molecule has 2 aromatic carbocycles. The molecule has 2 unspecified atom stereocenters. The van der Waals surface area contributed by atoms with Crippen molar-refractivity contribution in [1.29, 1.82) is 0 Å². The number of unbranched alkanes of at least 4 members (excludes halogenated alkanes) is 21. The van der Waals surface area contributed by atoms with Crippen molar-refractivity contribution in [2.24, 2.45) is 0 Å². The van der Waals surface area contributed by atoms with Gasteiger partial charge in [0.2, 0.25) is 5.91 Å². The average Bonchev–Trinajstić information content (AvgIpc) is 3.26. The summed E-state index contributed by atoms with van der Waals surface area (Å²) in [6.07, 6.45) is 22.5. The molecule has 62 heavy (non-hydrogen) atoms. The Morgan fingerprint density at radius 1 is 0.645 bits per heavy atom. The fourth-order valence-corrected chi connectivity index (χ4v) is 8.92. The number of aliphatic hydroxyl groups is 2. The molecule has 2 aromatic rings. The first kappa shape index (κ1) is 53.9. The lowest BCUT2D eigenvalue weighted by Gasteiger charge is -2.43. The van der Waals surface area contributed by atoms with E-state index in [1.165, 1.54) is 68.9 Å². The van der Waals surface area contributed by atoms with Gasteiger partial charge < -0.3 is 29.7 Å². The number of benzene rings is 2. The zero-order valence-electron chi connectivity index (χ0n) is 38.1. The van der Waals surface area contributed by atoms with Gasteiger partial charge in [0.25, 0.3) is 0 Å². The Kier molecular flexibility index (Phi) is 29.6. The van der Waals surface area contributed by atoms with Crippen LogP contribution < -0.4 is 5.32 Å². The molecule has 12 heteroatoms. The maximum atomic E-state index is 14.0. The van der Waals surface area contributed by atoms with Gasteiger partial charge in [0, 0.05) is 13.2 Å². The van der Waals surface area contributed by atoms with Gasteiger partial charge in [-0.05, 0) is 56.1 Å². The summed E-state index contributed by atoms with van der Waals surface area (Å²) in [6.45, 7) is 2.13. The molecule has 1 saturated heterocycles. The van der Waals surface area contributed by atoms with Crippen LogP contribution in [-0.4, -0.2) is 85.7 Å². The van der Waals surface area contributed by atoms with Gasteiger partial charge in [0.15, 0.2) is 6.29 Å². The van der Waals surface area contributed by atoms with Crippen LogP contribution in [0.15, 0.2) is 60.7 Å². The van der Waals surface area contributed by atoms with Gasteiger partial charge in [-0.3, -0.25) is 9.35 Å². The minimum atomic E-state index is -5.01. The number of aryl methyl sites for hydroxylation is 2. The highest BCUT2D eigenvalue weighted by atomic mass is 32.3. The summed E-state index contributed by atoms with van der Waals surface area (Å²) in [7, 11) is -5.01. The number of nitrogens with one attached hydrogen (secondary N) is 1. The van der Waals surface area contributed by atoms with E-state index in [4.69, 9.17) is 18.4 Å². The molecule has 0 spiro atoms. The molecule has 0 bridgehead atoms. The third-order valence-electron chi connectivity index (χ3n) is 12.0. The van der Waals surface area contributed by atoms with Crippen LogP contribution in [0.25, 0.3) is 0 Å². The van der Waals surface area contributed by atoms with Gasteiger partial charge in [0.1, 0.15) is 30.5 Å². The lowest BCUT2D eigenvalue weighted by Crippen LogP contribution is -2.66. The van der Waals surface area contributed by atoms with Crippen LogP contribution in [0.4, 0.5) is 0 Å². The number of rotatable bonds is 38. The van der Waals surface area contributed by atoms with Crippen LogP contribution in [0.2, 0.25) is 0 Å². The summed E-state index contributed by atoms with van der Waals surface area (Å²) in [5, 5.41) is 24.1. The van der Waals surface area contributed by atoms with Gasteiger partial charge in [-0.25, -0.2) is 4.18 Å². The van der Waals surface area contributed by atoms with Crippen molar-refractivity contribution < 1.29 is 46.4 Å². The highest BCUT2D eigenvalue weighted by molar-refractivity contribution is 7.80. The normalized spacial score (nSPS) is 19.7.